The minimum Gasteiger partial charge on any atom is -0.464 e. The highest BCUT2D eigenvalue weighted by Gasteiger charge is 2.45. The molecule has 0 fully saturated rings. The van der Waals surface area contributed by atoms with Gasteiger partial charge in [-0.05, 0) is 54.5 Å². The minimum atomic E-state index is -3.75. The Morgan fingerprint density at radius 3 is 2.00 bits per heavy atom. The Bertz CT molecular complexity index is 749. The second kappa shape index (κ2) is 10.2. The standard InChI is InChI=1S/C20H32NO7P/c1-8-25-17(22)20(7,21-18(23)28-19(4,5)6)15-13-11-12-14-16(15)29(24,26-9-2)27-10-3/h11-14H,8-10H2,1-7H3,(H,21,23)/t20-/m0/s1. The van der Waals surface area contributed by atoms with Crippen molar-refractivity contribution in [3.05, 3.63) is 29.8 Å². The summed E-state index contributed by atoms with van der Waals surface area (Å²) in [5.74, 6) is -0.724. The summed E-state index contributed by atoms with van der Waals surface area (Å²) in [6, 6.07) is 6.45. The van der Waals surface area contributed by atoms with Gasteiger partial charge in [0.25, 0.3) is 0 Å². The van der Waals surface area contributed by atoms with Crippen molar-refractivity contribution < 1.29 is 32.7 Å². The summed E-state index contributed by atoms with van der Waals surface area (Å²) in [4.78, 5) is 25.4. The van der Waals surface area contributed by atoms with Crippen LogP contribution in [0.4, 0.5) is 4.79 Å². The number of esters is 1. The number of amides is 1. The molecule has 0 aromatic heterocycles. The predicted octanol–water partition coefficient (Wildman–Crippen LogP) is 3.88. The van der Waals surface area contributed by atoms with Crippen LogP contribution in [0.15, 0.2) is 24.3 Å². The molecule has 0 unspecified atom stereocenters. The molecule has 0 aliphatic heterocycles. The maximum absolute atomic E-state index is 13.4. The van der Waals surface area contributed by atoms with Crippen LogP contribution in [0.5, 0.6) is 0 Å². The molecule has 1 N–H and O–H groups in total. The maximum atomic E-state index is 13.4. The molecule has 0 saturated heterocycles. The average Bonchev–Trinajstić information content (AvgIpc) is 2.60. The maximum Gasteiger partial charge on any atom is 0.408 e. The quantitative estimate of drug-likeness (QED) is 0.470. The van der Waals surface area contributed by atoms with E-state index in [-0.39, 0.29) is 30.7 Å². The van der Waals surface area contributed by atoms with Gasteiger partial charge in [0.15, 0.2) is 5.54 Å². The van der Waals surface area contributed by atoms with Gasteiger partial charge in [0.1, 0.15) is 5.60 Å². The van der Waals surface area contributed by atoms with E-state index < -0.39 is 30.8 Å². The van der Waals surface area contributed by atoms with E-state index in [9.17, 15) is 14.2 Å². The molecule has 1 atom stereocenters. The lowest BCUT2D eigenvalue weighted by atomic mass is 9.92. The van der Waals surface area contributed by atoms with Crippen LogP contribution in [0, 0.1) is 0 Å². The molecule has 0 aliphatic rings. The number of nitrogens with one attached hydrogen (secondary N) is 1. The lowest BCUT2D eigenvalue weighted by molar-refractivity contribution is -0.150. The molecule has 0 bridgehead atoms. The van der Waals surface area contributed by atoms with Crippen LogP contribution in [-0.2, 0) is 33.4 Å². The molecule has 0 saturated carbocycles. The van der Waals surface area contributed by atoms with Gasteiger partial charge in [-0.2, -0.15) is 0 Å². The molecule has 164 valence electrons. The third-order valence-electron chi connectivity index (χ3n) is 3.77. The topological polar surface area (TPSA) is 100 Å². The molecule has 1 amide bonds. The van der Waals surface area contributed by atoms with Gasteiger partial charge < -0.3 is 23.8 Å². The first-order valence-electron chi connectivity index (χ1n) is 9.61. The van der Waals surface area contributed by atoms with E-state index in [4.69, 9.17) is 18.5 Å². The zero-order valence-electron chi connectivity index (χ0n) is 18.2. The monoisotopic (exact) mass is 429 g/mol. The van der Waals surface area contributed by atoms with Crippen molar-refractivity contribution in [1.29, 1.82) is 0 Å². The number of carbonyl (C=O) groups excluding carboxylic acids is 2. The highest BCUT2D eigenvalue weighted by Crippen LogP contribution is 2.49. The summed E-state index contributed by atoms with van der Waals surface area (Å²) in [7, 11) is -3.75. The van der Waals surface area contributed by atoms with Crippen molar-refractivity contribution in [2.24, 2.45) is 0 Å². The molecule has 0 heterocycles. The second-order valence-electron chi connectivity index (χ2n) is 7.32. The minimum absolute atomic E-state index is 0.0984. The summed E-state index contributed by atoms with van der Waals surface area (Å²) >= 11 is 0. The van der Waals surface area contributed by atoms with Gasteiger partial charge in [0.05, 0.1) is 25.1 Å². The molecule has 1 aromatic carbocycles. The summed E-state index contributed by atoms with van der Waals surface area (Å²) in [5, 5.41) is 2.76. The number of carbonyl (C=O) groups is 2. The van der Waals surface area contributed by atoms with Crippen molar-refractivity contribution in [1.82, 2.24) is 5.32 Å². The van der Waals surface area contributed by atoms with Gasteiger partial charge in [-0.15, -0.1) is 0 Å². The zero-order chi connectivity index (χ0) is 22.3. The third-order valence-corrected chi connectivity index (χ3v) is 5.95. The number of ether oxygens (including phenoxy) is 2. The molecule has 9 heteroatoms. The van der Waals surface area contributed by atoms with Gasteiger partial charge in [-0.1, -0.05) is 18.2 Å². The van der Waals surface area contributed by atoms with Gasteiger partial charge in [0.2, 0.25) is 0 Å². The highest BCUT2D eigenvalue weighted by atomic mass is 31.2. The molecule has 29 heavy (non-hydrogen) atoms. The predicted molar refractivity (Wildman–Crippen MR) is 110 cm³/mol. The fourth-order valence-electron chi connectivity index (χ4n) is 2.66. The smallest absolute Gasteiger partial charge is 0.408 e. The molecular formula is C20H32NO7P. The summed E-state index contributed by atoms with van der Waals surface area (Å²) in [6.45, 7) is 12.0. The molecule has 1 rings (SSSR count). The average molecular weight is 429 g/mol. The van der Waals surface area contributed by atoms with E-state index in [1.165, 1.54) is 6.92 Å². The fourth-order valence-corrected chi connectivity index (χ4v) is 4.56. The van der Waals surface area contributed by atoms with Gasteiger partial charge in [-0.25, -0.2) is 9.59 Å². The molecule has 0 spiro atoms. The lowest BCUT2D eigenvalue weighted by Crippen LogP contribution is -2.53. The number of benzene rings is 1. The summed E-state index contributed by atoms with van der Waals surface area (Å²) < 4.78 is 34.9. The molecule has 0 radical (unpaired) electrons. The SMILES string of the molecule is CCOC(=O)[C@@](C)(NC(=O)OC(C)(C)C)c1ccccc1P(=O)(OCC)OCC. The summed E-state index contributed by atoms with van der Waals surface area (Å²) in [6.07, 6.45) is -0.814. The Balaban J connectivity index is 3.57. The Morgan fingerprint density at radius 1 is 0.966 bits per heavy atom. The normalized spacial score (nSPS) is 14.0. The molecular weight excluding hydrogens is 397 g/mol. The number of hydrogen-bond donors (Lipinski definition) is 1. The number of hydrogen-bond acceptors (Lipinski definition) is 7. The van der Waals surface area contributed by atoms with Crippen LogP contribution in [-0.4, -0.2) is 37.5 Å². The van der Waals surface area contributed by atoms with Crippen molar-refractivity contribution in [2.45, 2.75) is 59.6 Å². The van der Waals surface area contributed by atoms with Crippen LogP contribution < -0.4 is 10.6 Å². The fraction of sp³-hybridized carbons (Fsp3) is 0.600. The third kappa shape index (κ3) is 6.56. The Kier molecular flexibility index (Phi) is 8.87. The molecule has 0 aliphatic carbocycles. The number of alkyl carbamates (subject to hydrolysis) is 1. The first-order chi connectivity index (χ1) is 13.4. The van der Waals surface area contributed by atoms with Gasteiger partial charge in [-0.3, -0.25) is 4.57 Å². The van der Waals surface area contributed by atoms with Gasteiger partial charge >= 0.3 is 19.7 Å². The Hall–Kier alpha value is -1.89. The Morgan fingerprint density at radius 2 is 1.52 bits per heavy atom. The van der Waals surface area contributed by atoms with Crippen LogP contribution in [0.3, 0.4) is 0 Å². The van der Waals surface area contributed by atoms with E-state index in [2.05, 4.69) is 5.32 Å². The lowest BCUT2D eigenvalue weighted by Gasteiger charge is -2.33. The van der Waals surface area contributed by atoms with Crippen LogP contribution in [0.1, 0.15) is 54.0 Å². The molecule has 1 aromatic rings. The first-order valence-corrected chi connectivity index (χ1v) is 11.1. The van der Waals surface area contributed by atoms with Crippen molar-refractivity contribution >= 4 is 25.0 Å². The van der Waals surface area contributed by atoms with Crippen molar-refractivity contribution in [2.75, 3.05) is 19.8 Å². The molecule has 8 nitrogen and oxygen atoms in total. The van der Waals surface area contributed by atoms with Gasteiger partial charge in [0, 0.05) is 5.56 Å². The number of rotatable bonds is 9. The summed E-state index contributed by atoms with van der Waals surface area (Å²) in [5.41, 5.74) is -2.21. The highest BCUT2D eigenvalue weighted by molar-refractivity contribution is 7.62. The Labute approximate surface area is 172 Å². The van der Waals surface area contributed by atoms with E-state index in [0.29, 0.717) is 0 Å². The largest absolute Gasteiger partial charge is 0.464 e. The van der Waals surface area contributed by atoms with Crippen LogP contribution in [0.2, 0.25) is 0 Å². The second-order valence-corrected chi connectivity index (χ2v) is 9.32. The zero-order valence-corrected chi connectivity index (χ0v) is 19.1. The van der Waals surface area contributed by atoms with E-state index >= 15 is 0 Å². The van der Waals surface area contributed by atoms with E-state index in [1.807, 2.05) is 0 Å². The van der Waals surface area contributed by atoms with Crippen LogP contribution in [0.25, 0.3) is 0 Å². The van der Waals surface area contributed by atoms with Crippen molar-refractivity contribution in [3.8, 4) is 0 Å². The van der Waals surface area contributed by atoms with Crippen molar-refractivity contribution in [3.63, 3.8) is 0 Å². The van der Waals surface area contributed by atoms with E-state index in [0.717, 1.165) is 0 Å². The van der Waals surface area contributed by atoms with Crippen LogP contribution >= 0.6 is 7.60 Å². The first kappa shape index (κ1) is 25.1. The van der Waals surface area contributed by atoms with E-state index in [1.54, 1.807) is 65.8 Å².